The largest absolute Gasteiger partial charge is 0.350 e. The van der Waals surface area contributed by atoms with Crippen molar-refractivity contribution in [3.63, 3.8) is 0 Å². The van der Waals surface area contributed by atoms with Gasteiger partial charge < -0.3 is 16.0 Å². The molecule has 0 radical (unpaired) electrons. The highest BCUT2D eigenvalue weighted by atomic mass is 35.5. The van der Waals surface area contributed by atoms with Crippen LogP contribution in [0.1, 0.15) is 72.6 Å². The molecule has 7 nitrogen and oxygen atoms in total. The Balaban J connectivity index is 0.00000300. The number of carbonyl (C=O) groups excluding carboxylic acids is 3. The molecule has 8 heteroatoms. The summed E-state index contributed by atoms with van der Waals surface area (Å²) in [5, 5.41) is 9.25. The van der Waals surface area contributed by atoms with Crippen LogP contribution in [0.2, 0.25) is 0 Å². The van der Waals surface area contributed by atoms with Crippen molar-refractivity contribution in [1.82, 2.24) is 20.9 Å². The summed E-state index contributed by atoms with van der Waals surface area (Å²) in [6.45, 7) is 9.57. The number of halogens is 1. The number of nitrogens with zero attached hydrogens (tertiary/aromatic N) is 1. The number of hydrogen-bond acceptors (Lipinski definition) is 4. The van der Waals surface area contributed by atoms with Crippen molar-refractivity contribution in [3.05, 3.63) is 0 Å². The fourth-order valence-electron chi connectivity index (χ4n) is 4.98. The number of piperidine rings is 1. The number of rotatable bonds is 5. The summed E-state index contributed by atoms with van der Waals surface area (Å²) in [5.41, 5.74) is -0.561. The van der Waals surface area contributed by atoms with E-state index in [2.05, 4.69) is 36.7 Å². The minimum Gasteiger partial charge on any atom is -0.350 e. The van der Waals surface area contributed by atoms with Gasteiger partial charge in [-0.3, -0.25) is 14.5 Å². The van der Waals surface area contributed by atoms with Gasteiger partial charge in [-0.1, -0.05) is 27.2 Å². The Morgan fingerprint density at radius 2 is 1.90 bits per heavy atom. The van der Waals surface area contributed by atoms with Gasteiger partial charge in [0, 0.05) is 12.1 Å². The van der Waals surface area contributed by atoms with E-state index in [0.29, 0.717) is 18.8 Å². The van der Waals surface area contributed by atoms with Crippen molar-refractivity contribution >= 4 is 30.3 Å². The predicted molar refractivity (Wildman–Crippen MR) is 115 cm³/mol. The molecular weight excluding hydrogens is 392 g/mol. The Morgan fingerprint density at radius 3 is 2.48 bits per heavy atom. The number of imide groups is 1. The van der Waals surface area contributed by atoms with Crippen molar-refractivity contribution in [3.8, 4) is 0 Å². The van der Waals surface area contributed by atoms with Crippen molar-refractivity contribution < 1.29 is 14.4 Å². The topological polar surface area (TPSA) is 90.5 Å². The molecule has 3 fully saturated rings. The van der Waals surface area contributed by atoms with Gasteiger partial charge in [-0.05, 0) is 63.3 Å². The summed E-state index contributed by atoms with van der Waals surface area (Å²) in [5.74, 6) is 0.0718. The standard InChI is InChI=1S/C21H36N4O3.ClH/c1-5-20(3,4)15-8-10-21(11-9-15)18(27)25(19(28)24-21)13-17(26)23-16-7-6-12-22-14(16)2;/h14-16,22H,5-13H2,1-4H3,(H,23,26)(H,24,28);1H. The number of carbonyl (C=O) groups is 3. The maximum absolute atomic E-state index is 13.1. The lowest BCUT2D eigenvalue weighted by atomic mass is 9.65. The summed E-state index contributed by atoms with van der Waals surface area (Å²) in [6.07, 6.45) is 6.21. The first-order valence-corrected chi connectivity index (χ1v) is 10.9. The normalized spacial score (nSPS) is 32.7. The van der Waals surface area contributed by atoms with E-state index in [-0.39, 0.29) is 48.3 Å². The third-order valence-electron chi connectivity index (χ3n) is 7.51. The third kappa shape index (κ3) is 4.88. The molecule has 1 saturated carbocycles. The Bertz CT molecular complexity index is 631. The number of urea groups is 1. The summed E-state index contributed by atoms with van der Waals surface area (Å²) in [4.78, 5) is 39.1. The van der Waals surface area contributed by atoms with Crippen molar-refractivity contribution in [1.29, 1.82) is 0 Å². The summed E-state index contributed by atoms with van der Waals surface area (Å²) < 4.78 is 0. The van der Waals surface area contributed by atoms with E-state index < -0.39 is 11.6 Å². The van der Waals surface area contributed by atoms with E-state index in [0.717, 1.165) is 43.5 Å². The minimum atomic E-state index is -0.808. The Kier molecular flexibility index (Phi) is 7.60. The highest BCUT2D eigenvalue weighted by molar-refractivity contribution is 6.09. The molecule has 0 aromatic rings. The average Bonchev–Trinajstić information content (AvgIpc) is 2.88. The van der Waals surface area contributed by atoms with Crippen LogP contribution in [0.25, 0.3) is 0 Å². The molecule has 29 heavy (non-hydrogen) atoms. The van der Waals surface area contributed by atoms with Crippen LogP contribution in [-0.2, 0) is 9.59 Å². The molecular formula is C21H37ClN4O3. The predicted octanol–water partition coefficient (Wildman–Crippen LogP) is 2.58. The molecule has 2 unspecified atom stereocenters. The van der Waals surface area contributed by atoms with E-state index in [9.17, 15) is 14.4 Å². The van der Waals surface area contributed by atoms with Crippen molar-refractivity contribution in [2.45, 2.75) is 90.3 Å². The first-order valence-electron chi connectivity index (χ1n) is 10.9. The van der Waals surface area contributed by atoms with E-state index in [1.165, 1.54) is 0 Å². The van der Waals surface area contributed by atoms with Crippen LogP contribution >= 0.6 is 12.4 Å². The Labute approximate surface area is 180 Å². The van der Waals surface area contributed by atoms with E-state index in [1.54, 1.807) is 0 Å². The molecule has 3 rings (SSSR count). The van der Waals surface area contributed by atoms with Crippen LogP contribution in [-0.4, -0.2) is 53.5 Å². The van der Waals surface area contributed by atoms with Gasteiger partial charge in [0.1, 0.15) is 12.1 Å². The molecule has 1 spiro atoms. The molecule has 2 heterocycles. The number of amides is 4. The maximum Gasteiger partial charge on any atom is 0.325 e. The SMILES string of the molecule is CCC(C)(C)C1CCC2(CC1)NC(=O)N(CC(=O)NC1CCCNC1C)C2=O.Cl. The quantitative estimate of drug-likeness (QED) is 0.587. The molecule has 2 aliphatic heterocycles. The van der Waals surface area contributed by atoms with Gasteiger partial charge in [0.05, 0.1) is 0 Å². The smallest absolute Gasteiger partial charge is 0.325 e. The summed E-state index contributed by atoms with van der Waals surface area (Å²) in [6, 6.07) is -0.185. The molecule has 4 amide bonds. The molecule has 0 aromatic heterocycles. The van der Waals surface area contributed by atoms with Gasteiger partial charge >= 0.3 is 6.03 Å². The molecule has 0 aromatic carbocycles. The Morgan fingerprint density at radius 1 is 1.24 bits per heavy atom. The first kappa shape index (κ1) is 23.9. The van der Waals surface area contributed by atoms with Gasteiger partial charge in [0.25, 0.3) is 5.91 Å². The zero-order valence-corrected chi connectivity index (χ0v) is 19.0. The monoisotopic (exact) mass is 428 g/mol. The average molecular weight is 429 g/mol. The lowest BCUT2D eigenvalue weighted by Crippen LogP contribution is -2.54. The van der Waals surface area contributed by atoms with Crippen molar-refractivity contribution in [2.24, 2.45) is 11.3 Å². The van der Waals surface area contributed by atoms with Crippen LogP contribution in [0.5, 0.6) is 0 Å². The highest BCUT2D eigenvalue weighted by Crippen LogP contribution is 2.45. The third-order valence-corrected chi connectivity index (χ3v) is 7.51. The first-order chi connectivity index (χ1) is 13.2. The second-order valence-corrected chi connectivity index (χ2v) is 9.58. The van der Waals surface area contributed by atoms with E-state index >= 15 is 0 Å². The van der Waals surface area contributed by atoms with E-state index in [4.69, 9.17) is 0 Å². The zero-order valence-electron chi connectivity index (χ0n) is 18.2. The molecule has 166 valence electrons. The van der Waals surface area contributed by atoms with Gasteiger partial charge in [0.15, 0.2) is 0 Å². The lowest BCUT2D eigenvalue weighted by Gasteiger charge is -2.42. The Hall–Kier alpha value is -1.34. The molecule has 0 bridgehead atoms. The second kappa shape index (κ2) is 9.21. The van der Waals surface area contributed by atoms with Crippen LogP contribution in [0, 0.1) is 11.3 Å². The van der Waals surface area contributed by atoms with Crippen LogP contribution in [0.15, 0.2) is 0 Å². The number of nitrogens with one attached hydrogen (secondary N) is 3. The van der Waals surface area contributed by atoms with E-state index in [1.807, 2.05) is 6.92 Å². The molecule has 3 aliphatic rings. The van der Waals surface area contributed by atoms with Crippen molar-refractivity contribution in [2.75, 3.05) is 13.1 Å². The molecule has 3 N–H and O–H groups in total. The zero-order chi connectivity index (χ0) is 20.5. The van der Waals surface area contributed by atoms with Gasteiger partial charge in [-0.15, -0.1) is 12.4 Å². The second-order valence-electron chi connectivity index (χ2n) is 9.58. The fourth-order valence-corrected chi connectivity index (χ4v) is 4.98. The molecule has 2 atom stereocenters. The van der Waals surface area contributed by atoms with Gasteiger partial charge in [0.2, 0.25) is 5.91 Å². The summed E-state index contributed by atoms with van der Waals surface area (Å²) in [7, 11) is 0. The summed E-state index contributed by atoms with van der Waals surface area (Å²) >= 11 is 0. The minimum absolute atomic E-state index is 0. The highest BCUT2D eigenvalue weighted by Gasteiger charge is 2.53. The maximum atomic E-state index is 13.1. The number of hydrogen-bond donors (Lipinski definition) is 3. The fraction of sp³-hybridized carbons (Fsp3) is 0.857. The van der Waals surface area contributed by atoms with Crippen LogP contribution in [0.4, 0.5) is 4.79 Å². The lowest BCUT2D eigenvalue weighted by molar-refractivity contribution is -0.136. The van der Waals surface area contributed by atoms with Crippen LogP contribution in [0.3, 0.4) is 0 Å². The van der Waals surface area contributed by atoms with Crippen LogP contribution < -0.4 is 16.0 Å². The molecule has 1 aliphatic carbocycles. The molecule has 2 saturated heterocycles. The van der Waals surface area contributed by atoms with Gasteiger partial charge in [-0.25, -0.2) is 4.79 Å². The van der Waals surface area contributed by atoms with Gasteiger partial charge in [-0.2, -0.15) is 0 Å².